The number of carbonyl (C=O) groups excluding carboxylic acids is 1. The van der Waals surface area contributed by atoms with E-state index in [1.54, 1.807) is 4.83 Å². The molecule has 0 spiro atoms. The number of alkyl halides is 3. The van der Waals surface area contributed by atoms with Crippen LogP contribution in [0.15, 0.2) is 29.2 Å². The highest BCUT2D eigenvalue weighted by Crippen LogP contribution is 2.23. The number of hydrogen-bond donors (Lipinski definition) is 2. The summed E-state index contributed by atoms with van der Waals surface area (Å²) >= 11 is 0. The number of rotatable bonds is 4. The van der Waals surface area contributed by atoms with Gasteiger partial charge in [0.25, 0.3) is 10.0 Å². The van der Waals surface area contributed by atoms with E-state index < -0.39 is 28.0 Å². The molecule has 19 heavy (non-hydrogen) atoms. The van der Waals surface area contributed by atoms with E-state index >= 15 is 0 Å². The average molecular weight is 298 g/mol. The lowest BCUT2D eigenvalue weighted by Crippen LogP contribution is -2.40. The van der Waals surface area contributed by atoms with E-state index in [9.17, 15) is 26.4 Å². The first-order valence-corrected chi connectivity index (χ1v) is 6.23. The van der Waals surface area contributed by atoms with Crippen molar-refractivity contribution in [1.82, 2.24) is 10.3 Å². The van der Waals surface area contributed by atoms with E-state index in [1.807, 2.05) is 5.43 Å². The zero-order chi connectivity index (χ0) is 14.7. The Kier molecular flexibility index (Phi) is 4.37. The van der Waals surface area contributed by atoms with Crippen molar-refractivity contribution < 1.29 is 31.1 Å². The molecule has 1 aromatic rings. The zero-order valence-electron chi connectivity index (χ0n) is 9.48. The third-order valence-electron chi connectivity index (χ3n) is 1.73. The van der Waals surface area contributed by atoms with Gasteiger partial charge in [-0.2, -0.15) is 0 Å². The molecule has 6 nitrogen and oxygen atoms in total. The van der Waals surface area contributed by atoms with Gasteiger partial charge in [0.1, 0.15) is 5.75 Å². The van der Waals surface area contributed by atoms with Gasteiger partial charge in [0.05, 0.1) is 4.90 Å². The van der Waals surface area contributed by atoms with Crippen LogP contribution in [0, 0.1) is 0 Å². The molecule has 2 N–H and O–H groups in total. The van der Waals surface area contributed by atoms with Crippen LogP contribution in [0.4, 0.5) is 13.2 Å². The number of amides is 1. The van der Waals surface area contributed by atoms with Gasteiger partial charge in [-0.25, -0.2) is 8.42 Å². The standard InChI is InChI=1S/C9H9F3N2O4S/c1-6(15)13-14-19(16,17)8-4-2-7(3-5-8)18-9(10,11)12/h2-5,14H,1H3,(H,13,15). The van der Waals surface area contributed by atoms with Crippen molar-refractivity contribution in [2.24, 2.45) is 0 Å². The van der Waals surface area contributed by atoms with Crippen LogP contribution in [0.5, 0.6) is 5.75 Å². The molecule has 0 aromatic heterocycles. The van der Waals surface area contributed by atoms with Crippen LogP contribution >= 0.6 is 0 Å². The summed E-state index contributed by atoms with van der Waals surface area (Å²) in [7, 11) is -4.03. The highest BCUT2D eigenvalue weighted by atomic mass is 32.2. The molecule has 0 aliphatic heterocycles. The summed E-state index contributed by atoms with van der Waals surface area (Å²) in [6.07, 6.45) is -4.85. The maximum absolute atomic E-state index is 11.9. The SMILES string of the molecule is CC(=O)NNS(=O)(=O)c1ccc(OC(F)(F)F)cc1. The van der Waals surface area contributed by atoms with Crippen molar-refractivity contribution in [2.45, 2.75) is 18.2 Å². The molecule has 106 valence electrons. The van der Waals surface area contributed by atoms with Gasteiger partial charge in [0.15, 0.2) is 0 Å². The lowest BCUT2D eigenvalue weighted by atomic mass is 10.3. The first kappa shape index (κ1) is 15.2. The molecule has 0 aliphatic carbocycles. The molecule has 0 aliphatic rings. The van der Waals surface area contributed by atoms with Crippen molar-refractivity contribution in [3.05, 3.63) is 24.3 Å². The average Bonchev–Trinajstić information content (AvgIpc) is 2.25. The number of halogens is 3. The predicted molar refractivity (Wildman–Crippen MR) is 57.3 cm³/mol. The summed E-state index contributed by atoms with van der Waals surface area (Å²) < 4.78 is 62.3. The minimum atomic E-state index is -4.85. The Balaban J connectivity index is 2.84. The van der Waals surface area contributed by atoms with Crippen molar-refractivity contribution in [1.29, 1.82) is 0 Å². The fraction of sp³-hybridized carbons (Fsp3) is 0.222. The van der Waals surface area contributed by atoms with Gasteiger partial charge < -0.3 is 4.74 Å². The number of hydrazine groups is 1. The lowest BCUT2D eigenvalue weighted by Gasteiger charge is -2.10. The minimum Gasteiger partial charge on any atom is -0.406 e. The van der Waals surface area contributed by atoms with Crippen LogP contribution in [0.25, 0.3) is 0 Å². The number of nitrogens with one attached hydrogen (secondary N) is 2. The molecule has 0 bridgehead atoms. The van der Waals surface area contributed by atoms with E-state index in [0.717, 1.165) is 31.2 Å². The smallest absolute Gasteiger partial charge is 0.406 e. The lowest BCUT2D eigenvalue weighted by molar-refractivity contribution is -0.274. The number of benzene rings is 1. The maximum atomic E-state index is 11.9. The molecule has 0 unspecified atom stereocenters. The molecule has 0 radical (unpaired) electrons. The molecule has 1 aromatic carbocycles. The number of carbonyl (C=O) groups is 1. The summed E-state index contributed by atoms with van der Waals surface area (Å²) in [5, 5.41) is 0. The van der Waals surface area contributed by atoms with E-state index in [1.165, 1.54) is 0 Å². The second kappa shape index (κ2) is 5.45. The van der Waals surface area contributed by atoms with E-state index in [2.05, 4.69) is 4.74 Å². The van der Waals surface area contributed by atoms with Gasteiger partial charge in [-0.05, 0) is 24.3 Å². The molecule has 1 rings (SSSR count). The van der Waals surface area contributed by atoms with Crippen LogP contribution < -0.4 is 15.0 Å². The fourth-order valence-electron chi connectivity index (χ4n) is 1.02. The quantitative estimate of drug-likeness (QED) is 0.809. The first-order chi connectivity index (χ1) is 8.60. The number of sulfonamides is 1. The Hall–Kier alpha value is -1.81. The molecule has 1 amide bonds. The van der Waals surface area contributed by atoms with E-state index in [0.29, 0.717) is 0 Å². The Bertz CT molecular complexity index is 554. The molecule has 0 heterocycles. The molecular formula is C9H9F3N2O4S. The first-order valence-electron chi connectivity index (χ1n) is 4.74. The maximum Gasteiger partial charge on any atom is 0.573 e. The second-order valence-electron chi connectivity index (χ2n) is 3.31. The fourth-order valence-corrected chi connectivity index (χ4v) is 1.91. The molecule has 0 atom stereocenters. The minimum absolute atomic E-state index is 0.323. The molecule has 0 fully saturated rings. The topological polar surface area (TPSA) is 84.5 Å². The Labute approximate surface area is 106 Å². The molecular weight excluding hydrogens is 289 g/mol. The van der Waals surface area contributed by atoms with Crippen LogP contribution in [0.2, 0.25) is 0 Å². The summed E-state index contributed by atoms with van der Waals surface area (Å²) in [4.78, 5) is 12.0. The summed E-state index contributed by atoms with van der Waals surface area (Å²) in [5.74, 6) is -1.19. The predicted octanol–water partition coefficient (Wildman–Crippen LogP) is 0.915. The second-order valence-corrected chi connectivity index (χ2v) is 4.99. The Morgan fingerprint density at radius 3 is 2.16 bits per heavy atom. The van der Waals surface area contributed by atoms with Crippen LogP contribution in [0.3, 0.4) is 0 Å². The molecule has 0 saturated heterocycles. The Morgan fingerprint density at radius 2 is 1.74 bits per heavy atom. The highest BCUT2D eigenvalue weighted by molar-refractivity contribution is 7.89. The zero-order valence-corrected chi connectivity index (χ0v) is 10.3. The van der Waals surface area contributed by atoms with Crippen molar-refractivity contribution in [2.75, 3.05) is 0 Å². The van der Waals surface area contributed by atoms with E-state index in [-0.39, 0.29) is 4.90 Å². The van der Waals surface area contributed by atoms with Crippen molar-refractivity contribution in [3.8, 4) is 5.75 Å². The van der Waals surface area contributed by atoms with Gasteiger partial charge >= 0.3 is 6.36 Å². The summed E-state index contributed by atoms with van der Waals surface area (Å²) in [6, 6.07) is 3.50. The van der Waals surface area contributed by atoms with E-state index in [4.69, 9.17) is 0 Å². The summed E-state index contributed by atoms with van der Waals surface area (Å²) in [5.41, 5.74) is 1.85. The largest absolute Gasteiger partial charge is 0.573 e. The van der Waals surface area contributed by atoms with Gasteiger partial charge in [0.2, 0.25) is 5.91 Å². The third-order valence-corrected chi connectivity index (χ3v) is 2.99. The van der Waals surface area contributed by atoms with Crippen LogP contribution in [0.1, 0.15) is 6.92 Å². The normalized spacial score (nSPS) is 12.0. The van der Waals surface area contributed by atoms with Crippen molar-refractivity contribution in [3.63, 3.8) is 0 Å². The molecule has 0 saturated carbocycles. The monoisotopic (exact) mass is 298 g/mol. The number of ether oxygens (including phenoxy) is 1. The summed E-state index contributed by atoms with van der Waals surface area (Å²) in [6.45, 7) is 1.09. The molecule has 10 heteroatoms. The highest BCUT2D eigenvalue weighted by Gasteiger charge is 2.31. The van der Waals surface area contributed by atoms with Gasteiger partial charge in [-0.3, -0.25) is 10.2 Å². The Morgan fingerprint density at radius 1 is 1.21 bits per heavy atom. The van der Waals surface area contributed by atoms with Crippen LogP contribution in [-0.4, -0.2) is 20.7 Å². The van der Waals surface area contributed by atoms with Crippen LogP contribution in [-0.2, 0) is 14.8 Å². The number of hydrogen-bond acceptors (Lipinski definition) is 4. The van der Waals surface area contributed by atoms with Crippen molar-refractivity contribution >= 4 is 15.9 Å². The third kappa shape index (κ3) is 5.14. The van der Waals surface area contributed by atoms with Gasteiger partial charge in [-0.15, -0.1) is 18.0 Å². The van der Waals surface area contributed by atoms with Gasteiger partial charge in [0, 0.05) is 6.92 Å². The van der Waals surface area contributed by atoms with Gasteiger partial charge in [-0.1, -0.05) is 0 Å².